The maximum atomic E-state index is 9.12. The Labute approximate surface area is 192 Å². The summed E-state index contributed by atoms with van der Waals surface area (Å²) < 4.78 is 5.21. The Kier molecular flexibility index (Phi) is 7.41. The average molecular weight is 453 g/mol. The number of nitrogens with zero attached hydrogens (tertiary/aromatic N) is 5. The molecule has 0 amide bonds. The first kappa shape index (κ1) is 22.3. The van der Waals surface area contributed by atoms with Crippen molar-refractivity contribution in [2.75, 3.05) is 56.7 Å². The standard InChI is InChI=1S/C23H28N6O2S/c1-17-24-22(27-23(25-17)29-13-11-28(12-14-29)15-16-30)26-18-3-7-20(8-4-18)32-21-9-5-19(31-2)6-10-21/h3-10,30H,11-16H2,1-2H3,(H,24,25,26,27). The van der Waals surface area contributed by atoms with Crippen molar-refractivity contribution >= 4 is 29.3 Å². The smallest absolute Gasteiger partial charge is 0.232 e. The summed E-state index contributed by atoms with van der Waals surface area (Å²) in [4.78, 5) is 20.3. The number of aliphatic hydroxyl groups is 1. The zero-order valence-corrected chi connectivity index (χ0v) is 19.2. The first-order valence-electron chi connectivity index (χ1n) is 10.6. The second kappa shape index (κ2) is 10.6. The zero-order chi connectivity index (χ0) is 22.3. The van der Waals surface area contributed by atoms with Gasteiger partial charge < -0.3 is 20.1 Å². The molecule has 168 valence electrons. The van der Waals surface area contributed by atoms with E-state index in [4.69, 9.17) is 9.84 Å². The second-order valence-corrected chi connectivity index (χ2v) is 8.63. The number of aromatic nitrogens is 3. The third-order valence-electron chi connectivity index (χ3n) is 5.21. The van der Waals surface area contributed by atoms with Gasteiger partial charge in [-0.1, -0.05) is 11.8 Å². The number of rotatable bonds is 8. The number of nitrogens with one attached hydrogen (secondary N) is 1. The van der Waals surface area contributed by atoms with E-state index in [9.17, 15) is 0 Å². The Balaban J connectivity index is 1.39. The van der Waals surface area contributed by atoms with Crippen molar-refractivity contribution in [3.05, 3.63) is 54.4 Å². The van der Waals surface area contributed by atoms with E-state index >= 15 is 0 Å². The number of ether oxygens (including phenoxy) is 1. The fourth-order valence-electron chi connectivity index (χ4n) is 3.49. The summed E-state index contributed by atoms with van der Waals surface area (Å²) in [6.07, 6.45) is 0. The number of benzene rings is 2. The number of hydrogen-bond donors (Lipinski definition) is 2. The van der Waals surface area contributed by atoms with Gasteiger partial charge in [-0.3, -0.25) is 4.90 Å². The first-order valence-corrected chi connectivity index (χ1v) is 11.4. The van der Waals surface area contributed by atoms with Gasteiger partial charge in [0.05, 0.1) is 13.7 Å². The average Bonchev–Trinajstić information content (AvgIpc) is 2.81. The van der Waals surface area contributed by atoms with Crippen LogP contribution in [0.4, 0.5) is 17.6 Å². The van der Waals surface area contributed by atoms with E-state index in [1.54, 1.807) is 18.9 Å². The van der Waals surface area contributed by atoms with Crippen LogP contribution in [0.1, 0.15) is 5.82 Å². The van der Waals surface area contributed by atoms with Gasteiger partial charge in [0.15, 0.2) is 0 Å². The van der Waals surface area contributed by atoms with E-state index in [0.717, 1.165) is 47.4 Å². The van der Waals surface area contributed by atoms with Crippen LogP contribution < -0.4 is 15.0 Å². The van der Waals surface area contributed by atoms with Gasteiger partial charge >= 0.3 is 0 Å². The van der Waals surface area contributed by atoms with Crippen LogP contribution in [0.5, 0.6) is 5.75 Å². The molecule has 32 heavy (non-hydrogen) atoms. The molecule has 3 aromatic rings. The Morgan fingerprint density at radius 1 is 0.938 bits per heavy atom. The molecule has 4 rings (SSSR count). The Morgan fingerprint density at radius 2 is 1.59 bits per heavy atom. The van der Waals surface area contributed by atoms with E-state index in [1.807, 2.05) is 43.3 Å². The van der Waals surface area contributed by atoms with Gasteiger partial charge in [0, 0.05) is 48.2 Å². The SMILES string of the molecule is COc1ccc(Sc2ccc(Nc3nc(C)nc(N4CCN(CCO)CC4)n3)cc2)cc1. The van der Waals surface area contributed by atoms with Gasteiger partial charge in [-0.15, -0.1) is 0 Å². The van der Waals surface area contributed by atoms with Crippen molar-refractivity contribution in [1.82, 2.24) is 19.9 Å². The van der Waals surface area contributed by atoms with E-state index in [1.165, 1.54) is 0 Å². The Hall–Kier alpha value is -2.88. The van der Waals surface area contributed by atoms with Crippen molar-refractivity contribution < 1.29 is 9.84 Å². The van der Waals surface area contributed by atoms with Crippen molar-refractivity contribution in [3.63, 3.8) is 0 Å². The number of anilines is 3. The largest absolute Gasteiger partial charge is 0.497 e. The Bertz CT molecular complexity index is 1010. The van der Waals surface area contributed by atoms with Crippen LogP contribution in [-0.2, 0) is 0 Å². The minimum absolute atomic E-state index is 0.191. The van der Waals surface area contributed by atoms with E-state index < -0.39 is 0 Å². The summed E-state index contributed by atoms with van der Waals surface area (Å²) in [5.74, 6) is 2.77. The number of aryl methyl sites for hydroxylation is 1. The first-order chi connectivity index (χ1) is 15.6. The minimum Gasteiger partial charge on any atom is -0.497 e. The van der Waals surface area contributed by atoms with Crippen molar-refractivity contribution in [1.29, 1.82) is 0 Å². The van der Waals surface area contributed by atoms with Crippen LogP contribution in [0, 0.1) is 6.92 Å². The van der Waals surface area contributed by atoms with Crippen LogP contribution in [-0.4, -0.2) is 71.4 Å². The molecular weight excluding hydrogens is 424 g/mol. The number of hydrogen-bond acceptors (Lipinski definition) is 9. The van der Waals surface area contributed by atoms with Gasteiger partial charge in [0.1, 0.15) is 11.6 Å². The van der Waals surface area contributed by atoms with E-state index in [-0.39, 0.29) is 6.61 Å². The molecule has 1 fully saturated rings. The van der Waals surface area contributed by atoms with Crippen LogP contribution >= 0.6 is 11.8 Å². The monoisotopic (exact) mass is 452 g/mol. The molecule has 8 nitrogen and oxygen atoms in total. The van der Waals surface area contributed by atoms with Crippen LogP contribution in [0.25, 0.3) is 0 Å². The van der Waals surface area contributed by atoms with E-state index in [0.29, 0.717) is 24.3 Å². The van der Waals surface area contributed by atoms with Gasteiger partial charge in [0.2, 0.25) is 11.9 Å². The second-order valence-electron chi connectivity index (χ2n) is 7.49. The highest BCUT2D eigenvalue weighted by molar-refractivity contribution is 7.99. The highest BCUT2D eigenvalue weighted by atomic mass is 32.2. The van der Waals surface area contributed by atoms with Gasteiger partial charge in [-0.2, -0.15) is 15.0 Å². The molecule has 2 N–H and O–H groups in total. The van der Waals surface area contributed by atoms with Crippen LogP contribution in [0.2, 0.25) is 0 Å². The van der Waals surface area contributed by atoms with Gasteiger partial charge in [-0.05, 0) is 55.5 Å². The molecule has 9 heteroatoms. The highest BCUT2D eigenvalue weighted by Gasteiger charge is 2.19. The number of piperazine rings is 1. The summed E-state index contributed by atoms with van der Waals surface area (Å²) in [5.41, 5.74) is 0.924. The van der Waals surface area contributed by atoms with Gasteiger partial charge in [-0.25, -0.2) is 0 Å². The molecule has 0 bridgehead atoms. The molecule has 0 spiro atoms. The predicted octanol–water partition coefficient (Wildman–Crippen LogP) is 3.20. The van der Waals surface area contributed by atoms with Gasteiger partial charge in [0.25, 0.3) is 0 Å². The summed E-state index contributed by atoms with van der Waals surface area (Å²) in [7, 11) is 1.67. The molecule has 0 radical (unpaired) electrons. The normalized spacial score (nSPS) is 14.4. The molecule has 1 aromatic heterocycles. The molecule has 0 unspecified atom stereocenters. The Morgan fingerprint density at radius 3 is 2.22 bits per heavy atom. The summed E-state index contributed by atoms with van der Waals surface area (Å²) in [6.45, 7) is 6.23. The third-order valence-corrected chi connectivity index (χ3v) is 6.23. The molecule has 1 aliphatic heterocycles. The number of β-amino-alcohol motifs (C(OH)–C–C–N with tert-alkyl or cyclic N) is 1. The lowest BCUT2D eigenvalue weighted by molar-refractivity contribution is 0.188. The zero-order valence-electron chi connectivity index (χ0n) is 18.4. The molecule has 0 atom stereocenters. The molecule has 1 saturated heterocycles. The quantitative estimate of drug-likeness (QED) is 0.535. The van der Waals surface area contributed by atoms with E-state index in [2.05, 4.69) is 42.2 Å². The lowest BCUT2D eigenvalue weighted by atomic mass is 10.3. The number of methoxy groups -OCH3 is 1. The van der Waals surface area contributed by atoms with Crippen LogP contribution in [0.15, 0.2) is 58.3 Å². The van der Waals surface area contributed by atoms with Crippen molar-refractivity contribution in [2.24, 2.45) is 0 Å². The maximum absolute atomic E-state index is 9.12. The topological polar surface area (TPSA) is 86.6 Å². The third kappa shape index (κ3) is 5.87. The summed E-state index contributed by atoms with van der Waals surface area (Å²) in [5, 5.41) is 12.4. The lowest BCUT2D eigenvalue weighted by Crippen LogP contribution is -2.47. The number of aliphatic hydroxyl groups excluding tert-OH is 1. The maximum Gasteiger partial charge on any atom is 0.232 e. The lowest BCUT2D eigenvalue weighted by Gasteiger charge is -2.34. The van der Waals surface area contributed by atoms with Crippen molar-refractivity contribution in [3.8, 4) is 5.75 Å². The minimum atomic E-state index is 0.191. The molecule has 0 aliphatic carbocycles. The summed E-state index contributed by atoms with van der Waals surface area (Å²) >= 11 is 1.70. The molecule has 2 heterocycles. The molecular formula is C23H28N6O2S. The fraction of sp³-hybridized carbons (Fsp3) is 0.348. The fourth-order valence-corrected chi connectivity index (χ4v) is 4.31. The molecule has 0 saturated carbocycles. The summed E-state index contributed by atoms with van der Waals surface area (Å²) in [6, 6.07) is 16.2. The van der Waals surface area contributed by atoms with Crippen LogP contribution in [0.3, 0.4) is 0 Å². The van der Waals surface area contributed by atoms with Crippen molar-refractivity contribution in [2.45, 2.75) is 16.7 Å². The molecule has 1 aliphatic rings. The molecule has 2 aromatic carbocycles. The predicted molar refractivity (Wildman–Crippen MR) is 127 cm³/mol. The highest BCUT2D eigenvalue weighted by Crippen LogP contribution is 2.30.